The number of hydrogen-bond donors (Lipinski definition) is 0. The normalized spacial score (nSPS) is 19.5. The van der Waals surface area contributed by atoms with Crippen LogP contribution in [0.3, 0.4) is 0 Å². The molecule has 0 radical (unpaired) electrons. The van der Waals surface area contributed by atoms with Crippen LogP contribution in [0.2, 0.25) is 0 Å². The summed E-state index contributed by atoms with van der Waals surface area (Å²) in [6.07, 6.45) is 21.4. The fourth-order valence-electron chi connectivity index (χ4n) is 4.54. The van der Waals surface area contributed by atoms with Crippen molar-refractivity contribution < 1.29 is 19.1 Å². The minimum atomic E-state index is -0.313. The van der Waals surface area contributed by atoms with E-state index in [0.29, 0.717) is 19.1 Å². The van der Waals surface area contributed by atoms with Crippen LogP contribution < -0.4 is 0 Å². The van der Waals surface area contributed by atoms with Crippen LogP contribution in [0.4, 0.5) is 0 Å². The van der Waals surface area contributed by atoms with E-state index in [2.05, 4.69) is 20.8 Å². The van der Waals surface area contributed by atoms with Crippen LogP contribution in [-0.2, 0) is 19.1 Å². The lowest BCUT2D eigenvalue weighted by atomic mass is 9.79. The molecule has 1 aliphatic rings. The summed E-state index contributed by atoms with van der Waals surface area (Å²) in [5.41, 5.74) is 0. The van der Waals surface area contributed by atoms with Crippen molar-refractivity contribution in [3.8, 4) is 0 Å². The Morgan fingerprint density at radius 1 is 0.688 bits per heavy atom. The second kappa shape index (κ2) is 19.4. The summed E-state index contributed by atoms with van der Waals surface area (Å²) in [5, 5.41) is 0. The minimum Gasteiger partial charge on any atom is -0.465 e. The molecule has 0 heterocycles. The molecule has 0 aromatic carbocycles. The quantitative estimate of drug-likeness (QED) is 0.147. The molecule has 32 heavy (non-hydrogen) atoms. The highest BCUT2D eigenvalue weighted by Crippen LogP contribution is 2.32. The molecule has 4 nitrogen and oxygen atoms in total. The molecule has 1 rings (SSSR count). The zero-order valence-corrected chi connectivity index (χ0v) is 21.5. The molecule has 0 saturated heterocycles. The molecule has 0 aliphatic heterocycles. The maximum Gasteiger partial charge on any atom is 0.309 e. The number of ether oxygens (including phenoxy) is 2. The van der Waals surface area contributed by atoms with Gasteiger partial charge >= 0.3 is 11.9 Å². The van der Waals surface area contributed by atoms with Crippen molar-refractivity contribution >= 4 is 11.9 Å². The van der Waals surface area contributed by atoms with Gasteiger partial charge in [0.1, 0.15) is 0 Å². The van der Waals surface area contributed by atoms with Crippen molar-refractivity contribution in [3.63, 3.8) is 0 Å². The van der Waals surface area contributed by atoms with Crippen LogP contribution in [0, 0.1) is 17.8 Å². The van der Waals surface area contributed by atoms with Crippen molar-refractivity contribution in [3.05, 3.63) is 0 Å². The Labute approximate surface area is 198 Å². The Balaban J connectivity index is 2.07. The van der Waals surface area contributed by atoms with E-state index in [4.69, 9.17) is 9.47 Å². The predicted octanol–water partition coefficient (Wildman–Crippen LogP) is 8.02. The van der Waals surface area contributed by atoms with Crippen molar-refractivity contribution in [2.75, 3.05) is 13.2 Å². The molecule has 4 heteroatoms. The van der Waals surface area contributed by atoms with Gasteiger partial charge in [0.2, 0.25) is 0 Å². The Morgan fingerprint density at radius 2 is 1.12 bits per heavy atom. The first kappa shape index (κ1) is 29.0. The fraction of sp³-hybridized carbons (Fsp3) is 0.929. The molecule has 3 unspecified atom stereocenters. The third kappa shape index (κ3) is 13.5. The average Bonchev–Trinajstić information content (AvgIpc) is 2.82. The van der Waals surface area contributed by atoms with E-state index in [9.17, 15) is 9.59 Å². The van der Waals surface area contributed by atoms with Crippen LogP contribution in [0.15, 0.2) is 0 Å². The van der Waals surface area contributed by atoms with E-state index < -0.39 is 0 Å². The second-order valence-electron chi connectivity index (χ2n) is 10.1. The van der Waals surface area contributed by atoms with Crippen molar-refractivity contribution in [1.29, 1.82) is 0 Å². The molecule has 1 fully saturated rings. The molecule has 0 amide bonds. The summed E-state index contributed by atoms with van der Waals surface area (Å²) in [4.78, 5) is 25.1. The zero-order chi connectivity index (χ0) is 23.4. The van der Waals surface area contributed by atoms with Gasteiger partial charge in [0, 0.05) is 0 Å². The van der Waals surface area contributed by atoms with E-state index in [-0.39, 0.29) is 23.8 Å². The summed E-state index contributed by atoms with van der Waals surface area (Å²) in [5.74, 6) is -0.646. The molecule has 188 valence electrons. The van der Waals surface area contributed by atoms with E-state index in [1.807, 2.05) is 0 Å². The third-order valence-corrected chi connectivity index (χ3v) is 7.07. The lowest BCUT2D eigenvalue weighted by Crippen LogP contribution is -2.35. The first-order valence-electron chi connectivity index (χ1n) is 13.9. The van der Waals surface area contributed by atoms with Crippen LogP contribution in [-0.4, -0.2) is 25.2 Å². The molecule has 0 aromatic heterocycles. The monoisotopic (exact) mass is 452 g/mol. The molecule has 3 atom stereocenters. The summed E-state index contributed by atoms with van der Waals surface area (Å²) >= 11 is 0. The van der Waals surface area contributed by atoms with Crippen LogP contribution in [0.25, 0.3) is 0 Å². The Bertz CT molecular complexity index is 476. The molecular weight excluding hydrogens is 400 g/mol. The van der Waals surface area contributed by atoms with E-state index in [1.54, 1.807) is 0 Å². The Kier molecular flexibility index (Phi) is 17.6. The fourth-order valence-corrected chi connectivity index (χ4v) is 4.54. The van der Waals surface area contributed by atoms with Crippen molar-refractivity contribution in [1.82, 2.24) is 0 Å². The highest BCUT2D eigenvalue weighted by Gasteiger charge is 2.37. The van der Waals surface area contributed by atoms with Gasteiger partial charge in [-0.2, -0.15) is 0 Å². The van der Waals surface area contributed by atoms with Gasteiger partial charge < -0.3 is 9.47 Å². The molecule has 0 N–H and O–H groups in total. The van der Waals surface area contributed by atoms with Crippen LogP contribution in [0.1, 0.15) is 136 Å². The molecule has 0 bridgehead atoms. The molecule has 0 spiro atoms. The van der Waals surface area contributed by atoms with E-state index in [0.717, 1.165) is 44.9 Å². The molecular formula is C28H52O4. The van der Waals surface area contributed by atoms with Crippen molar-refractivity contribution in [2.45, 2.75) is 136 Å². The first-order valence-corrected chi connectivity index (χ1v) is 13.9. The van der Waals surface area contributed by atoms with Gasteiger partial charge in [-0.1, -0.05) is 117 Å². The lowest BCUT2D eigenvalue weighted by Gasteiger charge is -2.28. The standard InChI is InChI=1S/C28H52O4/c1-4-6-7-8-9-10-11-12-13-14-15-16-19-22-31-27(29)25-20-17-18-21-26(25)28(30)32-23-24(3)5-2/h24-26H,4-23H2,1-3H3. The Hall–Kier alpha value is -1.06. The Morgan fingerprint density at radius 3 is 1.59 bits per heavy atom. The number of carbonyl (C=O) groups is 2. The maximum absolute atomic E-state index is 12.6. The second-order valence-corrected chi connectivity index (χ2v) is 10.1. The van der Waals surface area contributed by atoms with Gasteiger partial charge in [0.25, 0.3) is 0 Å². The smallest absolute Gasteiger partial charge is 0.309 e. The highest BCUT2D eigenvalue weighted by atomic mass is 16.5. The summed E-state index contributed by atoms with van der Waals surface area (Å²) in [6, 6.07) is 0. The number of hydrogen-bond acceptors (Lipinski definition) is 4. The molecule has 1 aliphatic carbocycles. The third-order valence-electron chi connectivity index (χ3n) is 7.07. The number of unbranched alkanes of at least 4 members (excludes halogenated alkanes) is 12. The molecule has 0 aromatic rings. The predicted molar refractivity (Wildman–Crippen MR) is 133 cm³/mol. The number of rotatable bonds is 19. The van der Waals surface area contributed by atoms with Crippen molar-refractivity contribution in [2.24, 2.45) is 17.8 Å². The van der Waals surface area contributed by atoms with Gasteiger partial charge in [0.15, 0.2) is 0 Å². The lowest BCUT2D eigenvalue weighted by molar-refractivity contribution is -0.163. The van der Waals surface area contributed by atoms with Crippen LogP contribution in [0.5, 0.6) is 0 Å². The van der Waals surface area contributed by atoms with Gasteiger partial charge in [-0.15, -0.1) is 0 Å². The number of carbonyl (C=O) groups excluding carboxylic acids is 2. The van der Waals surface area contributed by atoms with Crippen LogP contribution >= 0.6 is 0 Å². The summed E-state index contributed by atoms with van der Waals surface area (Å²) in [6.45, 7) is 7.38. The van der Waals surface area contributed by atoms with E-state index >= 15 is 0 Å². The van der Waals surface area contributed by atoms with Gasteiger partial charge in [-0.3, -0.25) is 9.59 Å². The highest BCUT2D eigenvalue weighted by molar-refractivity contribution is 5.82. The summed E-state index contributed by atoms with van der Waals surface area (Å²) in [7, 11) is 0. The minimum absolute atomic E-state index is 0.186. The molecule has 1 saturated carbocycles. The first-order chi connectivity index (χ1) is 15.6. The summed E-state index contributed by atoms with van der Waals surface area (Å²) < 4.78 is 11.1. The topological polar surface area (TPSA) is 52.6 Å². The maximum atomic E-state index is 12.6. The van der Waals surface area contributed by atoms with Gasteiger partial charge in [-0.05, 0) is 25.2 Å². The van der Waals surface area contributed by atoms with E-state index in [1.165, 1.54) is 70.6 Å². The SMILES string of the molecule is CCCCCCCCCCCCCCCOC(=O)C1CCCCC1C(=O)OCC(C)CC. The van der Waals surface area contributed by atoms with Gasteiger partial charge in [0.05, 0.1) is 25.0 Å². The number of esters is 2. The largest absolute Gasteiger partial charge is 0.465 e. The average molecular weight is 453 g/mol. The van der Waals surface area contributed by atoms with Gasteiger partial charge in [-0.25, -0.2) is 0 Å². The zero-order valence-electron chi connectivity index (χ0n) is 21.5.